The van der Waals surface area contributed by atoms with Crippen LogP contribution in [0.25, 0.3) is 11.4 Å². The molecule has 1 aromatic heterocycles. The number of nitrogens with one attached hydrogen (secondary N) is 1. The summed E-state index contributed by atoms with van der Waals surface area (Å²) in [5.41, 5.74) is 1.71. The van der Waals surface area contributed by atoms with E-state index in [1.54, 1.807) is 7.11 Å². The van der Waals surface area contributed by atoms with Crippen LogP contribution in [-0.2, 0) is 6.54 Å². The predicted octanol–water partition coefficient (Wildman–Crippen LogP) is 5.15. The molecule has 4 aromatic rings. The first-order valence-corrected chi connectivity index (χ1v) is 8.84. The molecule has 0 radical (unpaired) electrons. The summed E-state index contributed by atoms with van der Waals surface area (Å²) in [6, 6.07) is 24.9. The topological polar surface area (TPSA) is 69.4 Å². The third kappa shape index (κ3) is 4.12. The molecule has 0 unspecified atom stereocenters. The maximum absolute atomic E-state index is 5.95. The Hall–Kier alpha value is -3.80. The highest BCUT2D eigenvalue weighted by molar-refractivity contribution is 5.58. The number of ether oxygens (including phenoxy) is 2. The number of methoxy groups -OCH3 is 1. The van der Waals surface area contributed by atoms with E-state index in [-0.39, 0.29) is 0 Å². The van der Waals surface area contributed by atoms with Gasteiger partial charge in [0, 0.05) is 5.56 Å². The van der Waals surface area contributed by atoms with Gasteiger partial charge in [-0.25, -0.2) is 0 Å². The van der Waals surface area contributed by atoms with Gasteiger partial charge < -0.3 is 19.3 Å². The van der Waals surface area contributed by atoms with Crippen molar-refractivity contribution in [2.45, 2.75) is 6.54 Å². The molecule has 0 amide bonds. The van der Waals surface area contributed by atoms with Crippen molar-refractivity contribution in [2.75, 3.05) is 12.4 Å². The monoisotopic (exact) mass is 373 g/mol. The Morgan fingerprint density at radius 3 is 2.39 bits per heavy atom. The fourth-order valence-corrected chi connectivity index (χ4v) is 2.67. The SMILES string of the molecule is COc1ccc(-c2noc(CNc3ccccc3Oc3ccccc3)n2)cc1. The van der Waals surface area contributed by atoms with Gasteiger partial charge in [-0.3, -0.25) is 0 Å². The van der Waals surface area contributed by atoms with Crippen LogP contribution in [0.4, 0.5) is 5.69 Å². The largest absolute Gasteiger partial charge is 0.497 e. The lowest BCUT2D eigenvalue weighted by molar-refractivity contribution is 0.384. The van der Waals surface area contributed by atoms with Gasteiger partial charge in [-0.15, -0.1) is 0 Å². The van der Waals surface area contributed by atoms with E-state index in [4.69, 9.17) is 14.0 Å². The summed E-state index contributed by atoms with van der Waals surface area (Å²) in [6.07, 6.45) is 0. The van der Waals surface area contributed by atoms with E-state index < -0.39 is 0 Å². The van der Waals surface area contributed by atoms with Crippen molar-refractivity contribution in [1.82, 2.24) is 10.1 Å². The molecule has 1 N–H and O–H groups in total. The minimum atomic E-state index is 0.387. The Morgan fingerprint density at radius 2 is 1.61 bits per heavy atom. The molecule has 1 heterocycles. The summed E-state index contributed by atoms with van der Waals surface area (Å²) in [6.45, 7) is 0.387. The molecule has 0 atom stereocenters. The Labute approximate surface area is 162 Å². The minimum Gasteiger partial charge on any atom is -0.497 e. The molecular formula is C22H19N3O3. The lowest BCUT2D eigenvalue weighted by atomic mass is 10.2. The van der Waals surface area contributed by atoms with Crippen LogP contribution in [0.15, 0.2) is 83.4 Å². The predicted molar refractivity (Wildman–Crippen MR) is 107 cm³/mol. The van der Waals surface area contributed by atoms with Gasteiger partial charge in [0.25, 0.3) is 0 Å². The Bertz CT molecular complexity index is 1030. The molecular weight excluding hydrogens is 354 g/mol. The zero-order valence-corrected chi connectivity index (χ0v) is 15.3. The summed E-state index contributed by atoms with van der Waals surface area (Å²) in [4.78, 5) is 4.44. The van der Waals surface area contributed by atoms with Crippen molar-refractivity contribution in [3.05, 3.63) is 84.8 Å². The lowest BCUT2D eigenvalue weighted by Gasteiger charge is -2.11. The van der Waals surface area contributed by atoms with E-state index in [9.17, 15) is 0 Å². The summed E-state index contributed by atoms with van der Waals surface area (Å²) < 4.78 is 16.5. The van der Waals surface area contributed by atoms with Crippen molar-refractivity contribution < 1.29 is 14.0 Å². The third-order valence-corrected chi connectivity index (χ3v) is 4.10. The van der Waals surface area contributed by atoms with Crippen LogP contribution in [-0.4, -0.2) is 17.3 Å². The number of hydrogen-bond acceptors (Lipinski definition) is 6. The molecule has 0 fully saturated rings. The van der Waals surface area contributed by atoms with Crippen LogP contribution in [0.1, 0.15) is 5.89 Å². The van der Waals surface area contributed by atoms with E-state index in [2.05, 4.69) is 15.5 Å². The van der Waals surface area contributed by atoms with E-state index in [0.29, 0.717) is 18.3 Å². The molecule has 0 saturated heterocycles. The Balaban J connectivity index is 1.44. The zero-order chi connectivity index (χ0) is 19.2. The normalized spacial score (nSPS) is 10.5. The van der Waals surface area contributed by atoms with Crippen molar-refractivity contribution in [2.24, 2.45) is 0 Å². The molecule has 0 saturated carbocycles. The molecule has 6 heteroatoms. The van der Waals surface area contributed by atoms with Crippen molar-refractivity contribution in [3.63, 3.8) is 0 Å². The second kappa shape index (κ2) is 8.26. The number of anilines is 1. The van der Waals surface area contributed by atoms with Crippen LogP contribution in [0.2, 0.25) is 0 Å². The maximum atomic E-state index is 5.95. The Kier molecular flexibility index (Phi) is 5.20. The highest BCUT2D eigenvalue weighted by Gasteiger charge is 2.10. The molecule has 6 nitrogen and oxygen atoms in total. The number of nitrogens with zero attached hydrogens (tertiary/aromatic N) is 2. The number of rotatable bonds is 7. The molecule has 140 valence electrons. The average molecular weight is 373 g/mol. The number of para-hydroxylation sites is 3. The van der Waals surface area contributed by atoms with E-state index >= 15 is 0 Å². The fourth-order valence-electron chi connectivity index (χ4n) is 2.67. The first kappa shape index (κ1) is 17.6. The van der Waals surface area contributed by atoms with Crippen LogP contribution >= 0.6 is 0 Å². The van der Waals surface area contributed by atoms with Gasteiger partial charge in [-0.05, 0) is 48.5 Å². The van der Waals surface area contributed by atoms with E-state index in [1.807, 2.05) is 78.9 Å². The molecule has 0 aliphatic carbocycles. The molecule has 0 aliphatic rings. The third-order valence-electron chi connectivity index (χ3n) is 4.10. The van der Waals surface area contributed by atoms with Gasteiger partial charge in [0.1, 0.15) is 11.5 Å². The highest BCUT2D eigenvalue weighted by atomic mass is 16.5. The van der Waals surface area contributed by atoms with Crippen LogP contribution in [0.5, 0.6) is 17.2 Å². The van der Waals surface area contributed by atoms with E-state index in [1.165, 1.54) is 0 Å². The molecule has 28 heavy (non-hydrogen) atoms. The van der Waals surface area contributed by atoms with Crippen LogP contribution < -0.4 is 14.8 Å². The summed E-state index contributed by atoms with van der Waals surface area (Å²) in [7, 11) is 1.63. The van der Waals surface area contributed by atoms with Gasteiger partial charge in [-0.2, -0.15) is 4.98 Å². The molecule has 4 rings (SSSR count). The van der Waals surface area contributed by atoms with Crippen molar-refractivity contribution in [3.8, 4) is 28.6 Å². The molecule has 0 aliphatic heterocycles. The average Bonchev–Trinajstić information content (AvgIpc) is 3.23. The van der Waals surface area contributed by atoms with Crippen molar-refractivity contribution >= 4 is 5.69 Å². The molecule has 3 aromatic carbocycles. The maximum Gasteiger partial charge on any atom is 0.246 e. The first-order valence-electron chi connectivity index (χ1n) is 8.84. The lowest BCUT2D eigenvalue weighted by Crippen LogP contribution is -2.01. The minimum absolute atomic E-state index is 0.387. The van der Waals surface area contributed by atoms with Gasteiger partial charge in [0.15, 0.2) is 5.75 Å². The number of aromatic nitrogens is 2. The number of hydrogen-bond donors (Lipinski definition) is 1. The van der Waals surface area contributed by atoms with Gasteiger partial charge in [-0.1, -0.05) is 35.5 Å². The van der Waals surface area contributed by atoms with E-state index in [0.717, 1.165) is 28.5 Å². The highest BCUT2D eigenvalue weighted by Crippen LogP contribution is 2.29. The quantitative estimate of drug-likeness (QED) is 0.483. The fraction of sp³-hybridized carbons (Fsp3) is 0.0909. The van der Waals surface area contributed by atoms with Gasteiger partial charge >= 0.3 is 0 Å². The molecule has 0 spiro atoms. The van der Waals surface area contributed by atoms with Crippen LogP contribution in [0, 0.1) is 0 Å². The van der Waals surface area contributed by atoms with Crippen molar-refractivity contribution in [1.29, 1.82) is 0 Å². The summed E-state index contributed by atoms with van der Waals surface area (Å²) in [5, 5.41) is 7.34. The zero-order valence-electron chi connectivity index (χ0n) is 15.3. The standard InChI is InChI=1S/C22H19N3O3/c1-26-17-13-11-16(12-14-17)22-24-21(28-25-22)15-23-19-9-5-6-10-20(19)27-18-7-3-2-4-8-18/h2-14,23H,15H2,1H3. The second-order valence-corrected chi connectivity index (χ2v) is 6.01. The summed E-state index contributed by atoms with van der Waals surface area (Å²) in [5.74, 6) is 3.30. The first-order chi connectivity index (χ1) is 13.8. The van der Waals surface area contributed by atoms with Crippen LogP contribution in [0.3, 0.4) is 0 Å². The molecule has 0 bridgehead atoms. The number of benzene rings is 3. The van der Waals surface area contributed by atoms with Gasteiger partial charge in [0.2, 0.25) is 11.7 Å². The Morgan fingerprint density at radius 1 is 0.857 bits per heavy atom. The second-order valence-electron chi connectivity index (χ2n) is 6.01. The smallest absolute Gasteiger partial charge is 0.246 e. The summed E-state index contributed by atoms with van der Waals surface area (Å²) >= 11 is 0. The van der Waals surface area contributed by atoms with Gasteiger partial charge in [0.05, 0.1) is 19.3 Å².